The maximum atomic E-state index is 12.8. The molecule has 2 aromatic rings. The SMILES string of the molecule is COCCOCOc1c(Cl)cc(Cl)cc1[C@H](CC(=O)OC(C)(C)C)NC(CO)c1ccccc1. The molecule has 1 unspecified atom stereocenters. The van der Waals surface area contributed by atoms with Gasteiger partial charge in [-0.25, -0.2) is 0 Å². The van der Waals surface area contributed by atoms with Crippen LogP contribution in [0.2, 0.25) is 10.0 Å². The van der Waals surface area contributed by atoms with Gasteiger partial charge in [-0.3, -0.25) is 4.79 Å². The van der Waals surface area contributed by atoms with Gasteiger partial charge in [0.15, 0.2) is 6.79 Å². The number of nitrogens with one attached hydrogen (secondary N) is 1. The van der Waals surface area contributed by atoms with Crippen molar-refractivity contribution in [3.8, 4) is 5.75 Å². The summed E-state index contributed by atoms with van der Waals surface area (Å²) in [5.41, 5.74) is 0.753. The molecular formula is C25H33Cl2NO6. The average Bonchev–Trinajstić information content (AvgIpc) is 2.76. The van der Waals surface area contributed by atoms with Crippen LogP contribution in [0.5, 0.6) is 5.75 Å². The van der Waals surface area contributed by atoms with Gasteiger partial charge in [0.1, 0.15) is 11.4 Å². The Hall–Kier alpha value is -1.87. The minimum absolute atomic E-state index is 0.0435. The van der Waals surface area contributed by atoms with Crippen LogP contribution in [0.3, 0.4) is 0 Å². The maximum absolute atomic E-state index is 12.8. The van der Waals surface area contributed by atoms with E-state index in [1.165, 1.54) is 0 Å². The highest BCUT2D eigenvalue weighted by molar-refractivity contribution is 6.35. The van der Waals surface area contributed by atoms with Gasteiger partial charge in [0.05, 0.1) is 37.3 Å². The topological polar surface area (TPSA) is 86.3 Å². The molecule has 0 aliphatic rings. The molecule has 2 atom stereocenters. The van der Waals surface area contributed by atoms with Crippen molar-refractivity contribution in [2.45, 2.75) is 44.9 Å². The number of aliphatic hydroxyl groups excluding tert-OH is 1. The molecule has 0 spiro atoms. The maximum Gasteiger partial charge on any atom is 0.308 e. The number of halogens is 2. The van der Waals surface area contributed by atoms with Crippen molar-refractivity contribution in [3.05, 3.63) is 63.6 Å². The minimum atomic E-state index is -0.655. The van der Waals surface area contributed by atoms with Gasteiger partial charge in [-0.15, -0.1) is 0 Å². The summed E-state index contributed by atoms with van der Waals surface area (Å²) in [7, 11) is 1.58. The van der Waals surface area contributed by atoms with Gasteiger partial charge in [-0.05, 0) is 38.5 Å². The monoisotopic (exact) mass is 513 g/mol. The number of ether oxygens (including phenoxy) is 4. The summed E-state index contributed by atoms with van der Waals surface area (Å²) >= 11 is 12.8. The molecule has 0 aliphatic heterocycles. The molecule has 7 nitrogen and oxygen atoms in total. The molecule has 2 rings (SSSR count). The first-order chi connectivity index (χ1) is 16.1. The number of esters is 1. The summed E-state index contributed by atoms with van der Waals surface area (Å²) < 4.78 is 21.8. The lowest BCUT2D eigenvalue weighted by Gasteiger charge is -2.28. The van der Waals surface area contributed by atoms with E-state index in [1.807, 2.05) is 30.3 Å². The molecule has 0 amide bonds. The summed E-state index contributed by atoms with van der Waals surface area (Å²) in [6.07, 6.45) is -0.0435. The zero-order chi connectivity index (χ0) is 25.1. The van der Waals surface area contributed by atoms with Gasteiger partial charge in [-0.1, -0.05) is 53.5 Å². The highest BCUT2D eigenvalue weighted by Crippen LogP contribution is 2.38. The molecule has 0 aliphatic carbocycles. The van der Waals surface area contributed by atoms with Gasteiger partial charge in [-0.2, -0.15) is 0 Å². The normalized spacial score (nSPS) is 13.4. The van der Waals surface area contributed by atoms with Crippen molar-refractivity contribution in [3.63, 3.8) is 0 Å². The molecular weight excluding hydrogens is 481 g/mol. The van der Waals surface area contributed by atoms with E-state index in [4.69, 9.17) is 42.1 Å². The van der Waals surface area contributed by atoms with E-state index in [0.717, 1.165) is 5.56 Å². The van der Waals surface area contributed by atoms with E-state index in [0.29, 0.717) is 29.5 Å². The van der Waals surface area contributed by atoms with E-state index in [1.54, 1.807) is 40.0 Å². The van der Waals surface area contributed by atoms with Crippen LogP contribution in [0.1, 0.15) is 50.4 Å². The van der Waals surface area contributed by atoms with Gasteiger partial charge in [0.2, 0.25) is 0 Å². The molecule has 9 heteroatoms. The first-order valence-corrected chi connectivity index (χ1v) is 11.7. The Morgan fingerprint density at radius 3 is 2.41 bits per heavy atom. The Kier molecular flexibility index (Phi) is 11.6. The smallest absolute Gasteiger partial charge is 0.308 e. The molecule has 2 N–H and O–H groups in total. The van der Waals surface area contributed by atoms with E-state index in [9.17, 15) is 9.90 Å². The van der Waals surface area contributed by atoms with Crippen molar-refractivity contribution >= 4 is 29.2 Å². The molecule has 0 saturated heterocycles. The molecule has 188 valence electrons. The van der Waals surface area contributed by atoms with Crippen LogP contribution in [-0.2, 0) is 19.0 Å². The fourth-order valence-corrected chi connectivity index (χ4v) is 3.85. The molecule has 0 aromatic heterocycles. The van der Waals surface area contributed by atoms with Crippen LogP contribution in [0.15, 0.2) is 42.5 Å². The second kappa shape index (κ2) is 13.9. The van der Waals surface area contributed by atoms with E-state index in [-0.39, 0.29) is 24.8 Å². The number of hydrogen-bond acceptors (Lipinski definition) is 7. The third-order valence-electron chi connectivity index (χ3n) is 4.71. The lowest BCUT2D eigenvalue weighted by atomic mass is 9.99. The first-order valence-electron chi connectivity index (χ1n) is 11.0. The van der Waals surface area contributed by atoms with Crippen LogP contribution in [-0.4, -0.2) is 50.4 Å². The van der Waals surface area contributed by atoms with E-state index in [2.05, 4.69) is 5.32 Å². The number of aliphatic hydroxyl groups is 1. The molecule has 0 radical (unpaired) electrons. The number of hydrogen-bond donors (Lipinski definition) is 2. The Morgan fingerprint density at radius 2 is 1.79 bits per heavy atom. The third-order valence-corrected chi connectivity index (χ3v) is 5.21. The summed E-state index contributed by atoms with van der Waals surface area (Å²) in [4.78, 5) is 12.8. The predicted molar refractivity (Wildman–Crippen MR) is 132 cm³/mol. The number of carbonyl (C=O) groups is 1. The summed E-state index contributed by atoms with van der Waals surface area (Å²) in [5, 5.41) is 14.1. The van der Waals surface area contributed by atoms with Gasteiger partial charge >= 0.3 is 5.97 Å². The second-order valence-corrected chi connectivity index (χ2v) is 9.47. The fraction of sp³-hybridized carbons (Fsp3) is 0.480. The number of methoxy groups -OCH3 is 1. The second-order valence-electron chi connectivity index (χ2n) is 8.62. The fourth-order valence-electron chi connectivity index (χ4n) is 3.28. The lowest BCUT2D eigenvalue weighted by Crippen LogP contribution is -2.33. The first kappa shape index (κ1) is 28.4. The minimum Gasteiger partial charge on any atom is -0.466 e. The van der Waals surface area contributed by atoms with Gasteiger partial charge in [0.25, 0.3) is 0 Å². The van der Waals surface area contributed by atoms with Crippen molar-refractivity contribution in [1.29, 1.82) is 0 Å². The number of rotatable bonds is 13. The number of carbonyl (C=O) groups excluding carboxylic acids is 1. The highest BCUT2D eigenvalue weighted by atomic mass is 35.5. The van der Waals surface area contributed by atoms with Crippen LogP contribution in [0, 0.1) is 0 Å². The molecule has 2 aromatic carbocycles. The van der Waals surface area contributed by atoms with Crippen LogP contribution < -0.4 is 10.1 Å². The quantitative estimate of drug-likeness (QED) is 0.219. The van der Waals surface area contributed by atoms with Crippen molar-refractivity contribution in [2.24, 2.45) is 0 Å². The van der Waals surface area contributed by atoms with Crippen LogP contribution >= 0.6 is 23.2 Å². The van der Waals surface area contributed by atoms with Crippen molar-refractivity contribution in [2.75, 3.05) is 33.7 Å². The van der Waals surface area contributed by atoms with E-state index < -0.39 is 23.7 Å². The largest absolute Gasteiger partial charge is 0.466 e. The highest BCUT2D eigenvalue weighted by Gasteiger charge is 2.28. The van der Waals surface area contributed by atoms with Crippen LogP contribution in [0.4, 0.5) is 0 Å². The zero-order valence-corrected chi connectivity index (χ0v) is 21.5. The van der Waals surface area contributed by atoms with Crippen molar-refractivity contribution < 1.29 is 28.8 Å². The Bertz CT molecular complexity index is 904. The predicted octanol–water partition coefficient (Wildman–Crippen LogP) is 5.09. The average molecular weight is 514 g/mol. The van der Waals surface area contributed by atoms with Crippen molar-refractivity contribution in [1.82, 2.24) is 5.32 Å². The molecule has 0 heterocycles. The Morgan fingerprint density at radius 1 is 1.09 bits per heavy atom. The summed E-state index contributed by atoms with van der Waals surface area (Å²) in [5.74, 6) is -0.0950. The summed E-state index contributed by atoms with van der Waals surface area (Å²) in [6.45, 7) is 5.90. The Balaban J connectivity index is 2.39. The third kappa shape index (κ3) is 9.41. The lowest BCUT2D eigenvalue weighted by molar-refractivity contribution is -0.155. The van der Waals surface area contributed by atoms with Gasteiger partial charge < -0.3 is 29.4 Å². The zero-order valence-electron chi connectivity index (χ0n) is 20.0. The standard InChI is InChI=1S/C25H33Cl2NO6/c1-25(2,3)34-23(30)14-21(28-22(15-29)17-8-6-5-7-9-17)19-12-18(26)13-20(27)24(19)33-16-32-11-10-31-4/h5-9,12-13,21-22,28-29H,10-11,14-16H2,1-4H3/t21-,22?/m0/s1. The molecule has 0 fully saturated rings. The van der Waals surface area contributed by atoms with E-state index >= 15 is 0 Å². The summed E-state index contributed by atoms with van der Waals surface area (Å²) in [6, 6.07) is 11.6. The Labute approximate surface area is 211 Å². The molecule has 0 bridgehead atoms. The van der Waals surface area contributed by atoms with Gasteiger partial charge in [0, 0.05) is 23.7 Å². The van der Waals surface area contributed by atoms with Crippen LogP contribution in [0.25, 0.3) is 0 Å². The molecule has 34 heavy (non-hydrogen) atoms. The molecule has 0 saturated carbocycles. The number of benzene rings is 2.